The Labute approximate surface area is 103 Å². The molecule has 0 spiro atoms. The summed E-state index contributed by atoms with van der Waals surface area (Å²) in [7, 11) is 2.04. The topological polar surface area (TPSA) is 37.8 Å². The lowest BCUT2D eigenvalue weighted by molar-refractivity contribution is 0.531. The third-order valence-corrected chi connectivity index (χ3v) is 4.32. The quantitative estimate of drug-likeness (QED) is 0.795. The van der Waals surface area contributed by atoms with E-state index in [1.54, 1.807) is 0 Å². The molecular weight excluding hydrogens is 210 g/mol. The zero-order valence-electron chi connectivity index (χ0n) is 10.8. The van der Waals surface area contributed by atoms with E-state index in [9.17, 15) is 0 Å². The zero-order valence-corrected chi connectivity index (χ0v) is 10.8. The van der Waals surface area contributed by atoms with E-state index >= 15 is 0 Å². The molecule has 1 heterocycles. The van der Waals surface area contributed by atoms with Crippen LogP contribution in [0.15, 0.2) is 6.20 Å². The number of aromatic nitrogens is 2. The Bertz CT molecular complexity index is 423. The standard InChI is InChI=1S/C14H21N3/c1-14(7-8-14)13-16-9-10-11(15-2)5-3-4-6-12(10)17-13/h9,11,15H,3-8H2,1-2H3. The smallest absolute Gasteiger partial charge is 0.134 e. The molecule has 1 N–H and O–H groups in total. The molecule has 2 aliphatic rings. The first-order valence-corrected chi connectivity index (χ1v) is 6.76. The van der Waals surface area contributed by atoms with E-state index in [1.807, 2.05) is 7.05 Å². The second-order valence-electron chi connectivity index (χ2n) is 5.74. The van der Waals surface area contributed by atoms with Gasteiger partial charge in [-0.1, -0.05) is 13.3 Å². The van der Waals surface area contributed by atoms with E-state index < -0.39 is 0 Å². The highest BCUT2D eigenvalue weighted by molar-refractivity contribution is 5.27. The van der Waals surface area contributed by atoms with Gasteiger partial charge in [-0.25, -0.2) is 9.97 Å². The first-order chi connectivity index (χ1) is 8.23. The predicted molar refractivity (Wildman–Crippen MR) is 68.0 cm³/mol. The van der Waals surface area contributed by atoms with Gasteiger partial charge in [0.1, 0.15) is 5.82 Å². The largest absolute Gasteiger partial charge is 0.313 e. The third-order valence-electron chi connectivity index (χ3n) is 4.32. The normalized spacial score (nSPS) is 26.1. The second kappa shape index (κ2) is 4.05. The Kier molecular flexibility index (Phi) is 2.66. The van der Waals surface area contributed by atoms with Crippen molar-refractivity contribution in [2.24, 2.45) is 0 Å². The van der Waals surface area contributed by atoms with Crippen LogP contribution in [0, 0.1) is 0 Å². The average molecular weight is 231 g/mol. The van der Waals surface area contributed by atoms with Gasteiger partial charge in [0.2, 0.25) is 0 Å². The summed E-state index contributed by atoms with van der Waals surface area (Å²) in [6.07, 6.45) is 9.46. The molecule has 2 aliphatic carbocycles. The maximum Gasteiger partial charge on any atom is 0.134 e. The van der Waals surface area contributed by atoms with E-state index in [4.69, 9.17) is 4.98 Å². The van der Waals surface area contributed by atoms with Gasteiger partial charge >= 0.3 is 0 Å². The number of aryl methyl sites for hydroxylation is 1. The maximum atomic E-state index is 4.85. The van der Waals surface area contributed by atoms with E-state index in [0.29, 0.717) is 6.04 Å². The van der Waals surface area contributed by atoms with Crippen molar-refractivity contribution in [1.82, 2.24) is 15.3 Å². The summed E-state index contributed by atoms with van der Waals surface area (Å²) in [6, 6.07) is 0.452. The molecular formula is C14H21N3. The highest BCUT2D eigenvalue weighted by Crippen LogP contribution is 2.46. The molecule has 0 aromatic carbocycles. The second-order valence-corrected chi connectivity index (χ2v) is 5.74. The van der Waals surface area contributed by atoms with Gasteiger partial charge in [-0.15, -0.1) is 0 Å². The molecule has 3 nitrogen and oxygen atoms in total. The molecule has 1 atom stereocenters. The summed E-state index contributed by atoms with van der Waals surface area (Å²) < 4.78 is 0. The van der Waals surface area contributed by atoms with Crippen LogP contribution in [-0.2, 0) is 11.8 Å². The minimum atomic E-state index is 0.288. The molecule has 0 bridgehead atoms. The Morgan fingerprint density at radius 2 is 2.18 bits per heavy atom. The van der Waals surface area contributed by atoms with Crippen molar-refractivity contribution in [3.8, 4) is 0 Å². The van der Waals surface area contributed by atoms with Crippen molar-refractivity contribution in [1.29, 1.82) is 0 Å². The average Bonchev–Trinajstić information content (AvgIpc) is 3.11. The number of nitrogens with zero attached hydrogens (tertiary/aromatic N) is 2. The van der Waals surface area contributed by atoms with Gasteiger partial charge in [0, 0.05) is 28.9 Å². The molecule has 0 amide bonds. The van der Waals surface area contributed by atoms with Gasteiger partial charge in [-0.05, 0) is 39.2 Å². The van der Waals surface area contributed by atoms with Crippen LogP contribution >= 0.6 is 0 Å². The fraction of sp³-hybridized carbons (Fsp3) is 0.714. The van der Waals surface area contributed by atoms with E-state index in [1.165, 1.54) is 43.4 Å². The number of hydrogen-bond donors (Lipinski definition) is 1. The third kappa shape index (κ3) is 1.97. The van der Waals surface area contributed by atoms with Crippen LogP contribution in [0.1, 0.15) is 62.2 Å². The van der Waals surface area contributed by atoms with Crippen molar-refractivity contribution in [3.05, 3.63) is 23.3 Å². The highest BCUT2D eigenvalue weighted by Gasteiger charge is 2.42. The van der Waals surface area contributed by atoms with Gasteiger partial charge in [0.05, 0.1) is 0 Å². The molecule has 3 heteroatoms. The minimum Gasteiger partial charge on any atom is -0.313 e. The van der Waals surface area contributed by atoms with Crippen molar-refractivity contribution in [2.45, 2.75) is 56.9 Å². The summed E-state index contributed by atoms with van der Waals surface area (Å²) in [5.41, 5.74) is 2.91. The molecule has 1 fully saturated rings. The summed E-state index contributed by atoms with van der Waals surface area (Å²) in [6.45, 7) is 2.28. The molecule has 3 rings (SSSR count). The summed E-state index contributed by atoms with van der Waals surface area (Å²) in [5, 5.41) is 3.39. The molecule has 1 aromatic rings. The fourth-order valence-electron chi connectivity index (χ4n) is 2.72. The Balaban J connectivity index is 1.98. The summed E-state index contributed by atoms with van der Waals surface area (Å²) in [5.74, 6) is 1.08. The lowest BCUT2D eigenvalue weighted by Crippen LogP contribution is -2.19. The van der Waals surface area contributed by atoms with Crippen LogP contribution in [0.5, 0.6) is 0 Å². The van der Waals surface area contributed by atoms with Crippen molar-refractivity contribution < 1.29 is 0 Å². The minimum absolute atomic E-state index is 0.288. The fourth-order valence-corrected chi connectivity index (χ4v) is 2.72. The Morgan fingerprint density at radius 1 is 1.35 bits per heavy atom. The number of rotatable bonds is 2. The van der Waals surface area contributed by atoms with Gasteiger partial charge in [0.15, 0.2) is 0 Å². The van der Waals surface area contributed by atoms with Crippen LogP contribution in [0.4, 0.5) is 0 Å². The number of fused-ring (bicyclic) bond motifs is 1. The molecule has 0 saturated heterocycles. The molecule has 1 unspecified atom stereocenters. The van der Waals surface area contributed by atoms with Crippen molar-refractivity contribution in [2.75, 3.05) is 7.05 Å². The lowest BCUT2D eigenvalue weighted by Gasteiger charge is -2.17. The molecule has 0 aliphatic heterocycles. The monoisotopic (exact) mass is 231 g/mol. The summed E-state index contributed by atoms with van der Waals surface area (Å²) in [4.78, 5) is 9.47. The van der Waals surface area contributed by atoms with Crippen molar-refractivity contribution in [3.63, 3.8) is 0 Å². The first kappa shape index (κ1) is 11.1. The SMILES string of the molecule is CNC1CCCCc2nc(C3(C)CC3)ncc21. The van der Waals surface area contributed by atoms with Gasteiger partial charge in [-0.3, -0.25) is 0 Å². The number of hydrogen-bond acceptors (Lipinski definition) is 3. The van der Waals surface area contributed by atoms with Gasteiger partial charge in [-0.2, -0.15) is 0 Å². The van der Waals surface area contributed by atoms with Crippen LogP contribution in [0.2, 0.25) is 0 Å². The molecule has 1 saturated carbocycles. The van der Waals surface area contributed by atoms with Gasteiger partial charge in [0.25, 0.3) is 0 Å². The Hall–Kier alpha value is -0.960. The predicted octanol–water partition coefficient (Wildman–Crippen LogP) is 2.52. The van der Waals surface area contributed by atoms with Crippen LogP contribution in [-0.4, -0.2) is 17.0 Å². The lowest BCUT2D eigenvalue weighted by atomic mass is 10.0. The van der Waals surface area contributed by atoms with E-state index in [0.717, 1.165) is 12.2 Å². The summed E-state index contributed by atoms with van der Waals surface area (Å²) >= 11 is 0. The van der Waals surface area contributed by atoms with Crippen LogP contribution in [0.3, 0.4) is 0 Å². The van der Waals surface area contributed by atoms with Crippen LogP contribution < -0.4 is 5.32 Å². The first-order valence-electron chi connectivity index (χ1n) is 6.76. The highest BCUT2D eigenvalue weighted by atomic mass is 14.9. The Morgan fingerprint density at radius 3 is 2.88 bits per heavy atom. The molecule has 0 radical (unpaired) electrons. The van der Waals surface area contributed by atoms with Gasteiger partial charge < -0.3 is 5.32 Å². The van der Waals surface area contributed by atoms with Crippen LogP contribution in [0.25, 0.3) is 0 Å². The maximum absolute atomic E-state index is 4.85. The molecule has 17 heavy (non-hydrogen) atoms. The molecule has 1 aromatic heterocycles. The molecule has 92 valence electrons. The van der Waals surface area contributed by atoms with E-state index in [2.05, 4.69) is 23.4 Å². The number of nitrogens with one attached hydrogen (secondary N) is 1. The van der Waals surface area contributed by atoms with Crippen molar-refractivity contribution >= 4 is 0 Å². The van der Waals surface area contributed by atoms with E-state index in [-0.39, 0.29) is 5.41 Å². The zero-order chi connectivity index (χ0) is 11.9.